The Labute approximate surface area is 382 Å². The summed E-state index contributed by atoms with van der Waals surface area (Å²) >= 11 is 0. The molecule has 3 atom stereocenters. The highest BCUT2D eigenvalue weighted by Gasteiger charge is 2.28. The van der Waals surface area contributed by atoms with Gasteiger partial charge in [-0.3, -0.25) is 13.8 Å². The van der Waals surface area contributed by atoms with Gasteiger partial charge in [0, 0.05) is 6.42 Å². The van der Waals surface area contributed by atoms with Gasteiger partial charge >= 0.3 is 7.82 Å². The number of hydrogen-bond acceptors (Lipinski definition) is 5. The standard InChI is InChI=1S/C53H95N2O6P/c1-6-8-10-12-14-16-18-19-20-21-22-23-24-25-26-27-28-29-30-31-32-33-34-35-37-39-41-43-45-47-53(57)54-51(50-61-62(58,59)60-49-48-55(3,4)5)52(56)46-44-42-40-38-36-17-15-13-11-9-7-2/h8,10,14,16,19-20,22-23,25-26,28-29,31-32,51-52,56H,6-7,9,11-13,15,17-18,21,24,27,30,33-50H2,1-5H3,(H-,54,57,58,59)/p+1/b10-8-,16-14-,20-19-,23-22-,26-25-,29-28-,32-31-. The topological polar surface area (TPSA) is 105 Å². The number of phosphoric ester groups is 1. The van der Waals surface area contributed by atoms with Crippen LogP contribution in [0.4, 0.5) is 0 Å². The number of nitrogens with zero attached hydrogens (tertiary/aromatic N) is 1. The van der Waals surface area contributed by atoms with Gasteiger partial charge < -0.3 is 19.8 Å². The van der Waals surface area contributed by atoms with Crippen molar-refractivity contribution >= 4 is 13.7 Å². The molecule has 0 aliphatic carbocycles. The number of nitrogens with one attached hydrogen (secondary N) is 1. The highest BCUT2D eigenvalue weighted by molar-refractivity contribution is 7.47. The number of aliphatic hydroxyl groups excluding tert-OH is 1. The summed E-state index contributed by atoms with van der Waals surface area (Å²) in [5.41, 5.74) is 0. The minimum Gasteiger partial charge on any atom is -0.391 e. The second kappa shape index (κ2) is 43.9. The van der Waals surface area contributed by atoms with E-state index in [1.165, 1.54) is 70.6 Å². The van der Waals surface area contributed by atoms with Gasteiger partial charge in [-0.15, -0.1) is 0 Å². The Balaban J connectivity index is 4.22. The summed E-state index contributed by atoms with van der Waals surface area (Å²) in [6.07, 6.45) is 60.5. The number of allylic oxidation sites excluding steroid dienone is 14. The van der Waals surface area contributed by atoms with Crippen molar-refractivity contribution in [1.82, 2.24) is 5.32 Å². The van der Waals surface area contributed by atoms with E-state index in [-0.39, 0.29) is 19.1 Å². The van der Waals surface area contributed by atoms with E-state index in [0.717, 1.165) is 96.3 Å². The van der Waals surface area contributed by atoms with Gasteiger partial charge in [0.1, 0.15) is 13.2 Å². The zero-order valence-electron chi connectivity index (χ0n) is 40.6. The highest BCUT2D eigenvalue weighted by Crippen LogP contribution is 2.43. The van der Waals surface area contributed by atoms with Crippen LogP contribution < -0.4 is 5.32 Å². The summed E-state index contributed by atoms with van der Waals surface area (Å²) in [7, 11) is 1.59. The first-order valence-corrected chi connectivity index (χ1v) is 26.4. The number of unbranched alkanes of at least 4 members (excludes halogenated alkanes) is 17. The number of carbonyl (C=O) groups is 1. The molecule has 0 aliphatic rings. The Morgan fingerprint density at radius 1 is 0.565 bits per heavy atom. The molecule has 0 aromatic heterocycles. The van der Waals surface area contributed by atoms with Gasteiger partial charge in [-0.1, -0.05) is 202 Å². The molecule has 3 unspecified atom stereocenters. The van der Waals surface area contributed by atoms with Crippen molar-refractivity contribution in [1.29, 1.82) is 0 Å². The van der Waals surface area contributed by atoms with Gasteiger partial charge in [0.05, 0.1) is 39.9 Å². The molecule has 0 aromatic rings. The molecule has 0 spiro atoms. The molecular formula is C53H96N2O6P+. The zero-order valence-corrected chi connectivity index (χ0v) is 41.5. The minimum absolute atomic E-state index is 0.0678. The number of aliphatic hydroxyl groups is 1. The molecule has 3 N–H and O–H groups in total. The molecule has 9 heteroatoms. The lowest BCUT2D eigenvalue weighted by Gasteiger charge is -2.26. The summed E-state index contributed by atoms with van der Waals surface area (Å²) in [6, 6.07) is -0.771. The molecule has 0 rings (SSSR count). The fourth-order valence-electron chi connectivity index (χ4n) is 6.73. The third-order valence-electron chi connectivity index (χ3n) is 10.7. The van der Waals surface area contributed by atoms with Gasteiger partial charge in [-0.25, -0.2) is 4.57 Å². The predicted octanol–water partition coefficient (Wildman–Crippen LogP) is 14.5. The maximum absolute atomic E-state index is 12.9. The van der Waals surface area contributed by atoms with E-state index in [9.17, 15) is 19.4 Å². The largest absolute Gasteiger partial charge is 0.472 e. The van der Waals surface area contributed by atoms with Gasteiger partial charge in [0.2, 0.25) is 5.91 Å². The smallest absolute Gasteiger partial charge is 0.391 e. The Kier molecular flexibility index (Phi) is 42.3. The van der Waals surface area contributed by atoms with E-state index in [4.69, 9.17) is 9.05 Å². The van der Waals surface area contributed by atoms with Crippen LogP contribution in [0.2, 0.25) is 0 Å². The molecule has 0 radical (unpaired) electrons. The summed E-state index contributed by atoms with van der Waals surface area (Å²) < 4.78 is 23.6. The van der Waals surface area contributed by atoms with E-state index in [0.29, 0.717) is 23.9 Å². The number of phosphoric acid groups is 1. The maximum Gasteiger partial charge on any atom is 0.472 e. The van der Waals surface area contributed by atoms with Crippen LogP contribution in [0.3, 0.4) is 0 Å². The summed E-state index contributed by atoms with van der Waals surface area (Å²) in [4.78, 5) is 23.2. The fraction of sp³-hybridized carbons (Fsp3) is 0.717. The van der Waals surface area contributed by atoms with Crippen molar-refractivity contribution in [2.75, 3.05) is 40.9 Å². The van der Waals surface area contributed by atoms with E-state index >= 15 is 0 Å². The van der Waals surface area contributed by atoms with Gasteiger partial charge in [0.15, 0.2) is 0 Å². The summed E-state index contributed by atoms with van der Waals surface area (Å²) in [6.45, 7) is 4.74. The lowest BCUT2D eigenvalue weighted by molar-refractivity contribution is -0.870. The zero-order chi connectivity index (χ0) is 45.7. The first-order valence-electron chi connectivity index (χ1n) is 25.0. The third kappa shape index (κ3) is 45.7. The molecule has 0 aliphatic heterocycles. The summed E-state index contributed by atoms with van der Waals surface area (Å²) in [5, 5.41) is 13.9. The van der Waals surface area contributed by atoms with Crippen LogP contribution in [0.15, 0.2) is 85.1 Å². The Bertz CT molecular complexity index is 1280. The normalized spacial score (nSPS) is 14.9. The van der Waals surface area contributed by atoms with Crippen LogP contribution in [-0.4, -0.2) is 73.4 Å². The number of amides is 1. The molecule has 1 amide bonds. The molecule has 62 heavy (non-hydrogen) atoms. The number of hydrogen-bond donors (Lipinski definition) is 3. The second-order valence-electron chi connectivity index (χ2n) is 17.8. The quantitative estimate of drug-likeness (QED) is 0.0244. The molecule has 8 nitrogen and oxygen atoms in total. The van der Waals surface area contributed by atoms with Crippen molar-refractivity contribution in [3.63, 3.8) is 0 Å². The molecule has 358 valence electrons. The number of carbonyl (C=O) groups excluding carboxylic acids is 1. The fourth-order valence-corrected chi connectivity index (χ4v) is 7.47. The van der Waals surface area contributed by atoms with Crippen molar-refractivity contribution in [3.05, 3.63) is 85.1 Å². The number of likely N-dealkylation sites (N-methyl/N-ethyl adjacent to an activating group) is 1. The average molecular weight is 888 g/mol. The van der Waals surface area contributed by atoms with Crippen LogP contribution in [0, 0.1) is 0 Å². The van der Waals surface area contributed by atoms with E-state index in [1.54, 1.807) is 0 Å². The van der Waals surface area contributed by atoms with Gasteiger partial charge in [0.25, 0.3) is 0 Å². The number of quaternary nitrogens is 1. The van der Waals surface area contributed by atoms with Crippen LogP contribution in [-0.2, 0) is 18.4 Å². The predicted molar refractivity (Wildman–Crippen MR) is 267 cm³/mol. The van der Waals surface area contributed by atoms with Crippen LogP contribution in [0.1, 0.15) is 194 Å². The van der Waals surface area contributed by atoms with E-state index in [1.807, 2.05) is 21.1 Å². The molecule has 0 heterocycles. The van der Waals surface area contributed by atoms with Crippen molar-refractivity contribution in [3.8, 4) is 0 Å². The molecule has 0 saturated heterocycles. The lowest BCUT2D eigenvalue weighted by Crippen LogP contribution is -2.46. The van der Waals surface area contributed by atoms with Crippen molar-refractivity contribution in [2.24, 2.45) is 0 Å². The first-order chi connectivity index (χ1) is 30.0. The summed E-state index contributed by atoms with van der Waals surface area (Å²) in [5.74, 6) is -0.161. The number of rotatable bonds is 44. The molecule has 0 saturated carbocycles. The highest BCUT2D eigenvalue weighted by atomic mass is 31.2. The Morgan fingerprint density at radius 2 is 0.968 bits per heavy atom. The Morgan fingerprint density at radius 3 is 1.42 bits per heavy atom. The van der Waals surface area contributed by atoms with Crippen LogP contribution in [0.25, 0.3) is 0 Å². The van der Waals surface area contributed by atoms with Crippen LogP contribution >= 0.6 is 7.82 Å². The second-order valence-corrected chi connectivity index (χ2v) is 19.3. The maximum atomic E-state index is 12.9. The van der Waals surface area contributed by atoms with Gasteiger partial charge in [-0.05, 0) is 70.6 Å². The molecule has 0 fully saturated rings. The SMILES string of the molecule is CC/C=C\C/C=C\C/C=C\C/C=C\C/C=C\C/C=C\C/C=C\CCCCCCCCCC(=O)NC(COP(=O)(O)OCC[N+](C)(C)C)C(O)CCCCCCCCCCCCC. The van der Waals surface area contributed by atoms with Crippen LogP contribution in [0.5, 0.6) is 0 Å². The molecule has 0 bridgehead atoms. The first kappa shape index (κ1) is 59.7. The van der Waals surface area contributed by atoms with E-state index < -0.39 is 20.0 Å². The van der Waals surface area contributed by atoms with Crippen molar-refractivity contribution in [2.45, 2.75) is 206 Å². The van der Waals surface area contributed by atoms with Gasteiger partial charge in [-0.2, -0.15) is 0 Å². The van der Waals surface area contributed by atoms with Crippen molar-refractivity contribution < 1.29 is 32.9 Å². The molecular weight excluding hydrogens is 792 g/mol. The minimum atomic E-state index is -4.32. The Hall–Kier alpha value is -2.32. The third-order valence-corrected chi connectivity index (χ3v) is 11.6. The van der Waals surface area contributed by atoms with E-state index in [2.05, 4.69) is 104 Å². The monoisotopic (exact) mass is 888 g/mol. The lowest BCUT2D eigenvalue weighted by atomic mass is 10.0. The molecule has 0 aromatic carbocycles. The average Bonchev–Trinajstić information content (AvgIpc) is 3.23.